The van der Waals surface area contributed by atoms with Gasteiger partial charge in [-0.3, -0.25) is 4.79 Å². The first kappa shape index (κ1) is 12.5. The monoisotopic (exact) mass is 257 g/mol. The number of hydrogen-bond donors (Lipinski definition) is 2. The first-order valence-corrected chi connectivity index (χ1v) is 2.54. The molecule has 0 aromatic rings. The van der Waals surface area contributed by atoms with E-state index in [1.54, 1.807) is 13.8 Å². The van der Waals surface area contributed by atoms with Gasteiger partial charge in [-0.15, -0.1) is 0 Å². The summed E-state index contributed by atoms with van der Waals surface area (Å²) in [6.45, 7) is 3.55. The number of carbonyl (C=O) groups is 1. The van der Waals surface area contributed by atoms with Gasteiger partial charge in [-0.25, -0.2) is 0 Å². The molecule has 0 saturated heterocycles. The molecule has 0 rings (SSSR count). The summed E-state index contributed by atoms with van der Waals surface area (Å²) in [4.78, 5) is 10.0. The average molecular weight is 257 g/mol. The molecule has 0 fully saturated rings. The number of nitrogens with two attached hydrogens (primary N) is 1. The molecule has 1 atom stereocenters. The molecule has 0 aromatic carbocycles. The summed E-state index contributed by atoms with van der Waals surface area (Å²) in [5.74, 6) is -0.910. The molecule has 0 aliphatic rings. The molecular formula is C5H11CeNO2. The van der Waals surface area contributed by atoms with Crippen molar-refractivity contribution >= 4 is 5.97 Å². The molecule has 0 aliphatic heterocycles. The fourth-order valence-electron chi connectivity index (χ4n) is 0.285. The van der Waals surface area contributed by atoms with Crippen LogP contribution in [0.1, 0.15) is 13.8 Å². The largest absolute Gasteiger partial charge is 0.480 e. The molecule has 0 amide bonds. The minimum Gasteiger partial charge on any atom is -0.480 e. The van der Waals surface area contributed by atoms with Crippen LogP contribution in [-0.4, -0.2) is 17.1 Å². The summed E-state index contributed by atoms with van der Waals surface area (Å²) < 4.78 is 0. The molecule has 3 nitrogen and oxygen atoms in total. The number of hydrogen-bond acceptors (Lipinski definition) is 2. The van der Waals surface area contributed by atoms with Crippen molar-refractivity contribution < 1.29 is 51.6 Å². The number of carboxylic acids is 1. The van der Waals surface area contributed by atoms with E-state index in [1.807, 2.05) is 0 Å². The van der Waals surface area contributed by atoms with Gasteiger partial charge in [-0.05, 0) is 5.92 Å². The van der Waals surface area contributed by atoms with E-state index in [0.717, 1.165) is 0 Å². The quantitative estimate of drug-likeness (QED) is 0.735. The van der Waals surface area contributed by atoms with Gasteiger partial charge in [0.15, 0.2) is 0 Å². The Bertz CT molecular complexity index is 95.0. The second kappa shape index (κ2) is 5.58. The second-order valence-corrected chi connectivity index (χ2v) is 2.11. The fraction of sp³-hybridized carbons (Fsp3) is 0.800. The van der Waals surface area contributed by atoms with Crippen molar-refractivity contribution in [2.75, 3.05) is 0 Å². The van der Waals surface area contributed by atoms with Crippen molar-refractivity contribution in [1.82, 2.24) is 0 Å². The first-order valence-electron chi connectivity index (χ1n) is 2.54. The number of aliphatic carboxylic acids is 1. The molecule has 0 heterocycles. The summed E-state index contributed by atoms with van der Waals surface area (Å²) in [7, 11) is 0. The third kappa shape index (κ3) is 5.26. The van der Waals surface area contributed by atoms with E-state index in [0.29, 0.717) is 0 Å². The van der Waals surface area contributed by atoms with E-state index in [1.165, 1.54) is 0 Å². The third-order valence-electron chi connectivity index (χ3n) is 1.00. The Kier molecular flexibility index (Phi) is 7.74. The Balaban J connectivity index is 0. The Labute approximate surface area is 88.4 Å². The van der Waals surface area contributed by atoms with Crippen LogP contribution in [0.25, 0.3) is 0 Å². The van der Waals surface area contributed by atoms with Crippen LogP contribution >= 0.6 is 0 Å². The van der Waals surface area contributed by atoms with Gasteiger partial charge in [-0.1, -0.05) is 13.8 Å². The Morgan fingerprint density at radius 2 is 1.89 bits per heavy atom. The van der Waals surface area contributed by atoms with Crippen molar-refractivity contribution in [3.63, 3.8) is 0 Å². The van der Waals surface area contributed by atoms with E-state index in [9.17, 15) is 4.79 Å². The molecule has 52 valence electrons. The zero-order valence-corrected chi connectivity index (χ0v) is 8.73. The van der Waals surface area contributed by atoms with Crippen LogP contribution in [0.4, 0.5) is 0 Å². The van der Waals surface area contributed by atoms with Crippen LogP contribution in [0.3, 0.4) is 0 Å². The maximum atomic E-state index is 10.0. The van der Waals surface area contributed by atoms with Gasteiger partial charge in [0.2, 0.25) is 0 Å². The van der Waals surface area contributed by atoms with Crippen molar-refractivity contribution in [2.24, 2.45) is 11.7 Å². The minimum absolute atomic E-state index is 0. The molecule has 0 bridgehead atoms. The van der Waals surface area contributed by atoms with E-state index in [-0.39, 0.29) is 47.7 Å². The Hall–Kier alpha value is 0.807. The standard InChI is InChI=1S/C5H11NO2.Ce/c1-3(2)4(6)5(7)8;/h3-4H,6H2,1-2H3,(H,7,8);/t4-;/m0./s1. The summed E-state index contributed by atoms with van der Waals surface area (Å²) in [6, 6.07) is -0.713. The SMILES string of the molecule is CC(C)[C@H](N)C(=O)O.[Ce]. The number of rotatable bonds is 2. The van der Waals surface area contributed by atoms with Crippen LogP contribution in [0.5, 0.6) is 0 Å². The van der Waals surface area contributed by atoms with Gasteiger partial charge >= 0.3 is 5.97 Å². The van der Waals surface area contributed by atoms with Crippen LogP contribution < -0.4 is 5.73 Å². The Morgan fingerprint density at radius 3 is 1.89 bits per heavy atom. The number of carboxylic acid groups (broad SMARTS) is 1. The molecule has 0 radical (unpaired) electrons. The van der Waals surface area contributed by atoms with E-state index >= 15 is 0 Å². The summed E-state index contributed by atoms with van der Waals surface area (Å²) in [5, 5.41) is 8.23. The first-order chi connectivity index (χ1) is 3.55. The summed E-state index contributed by atoms with van der Waals surface area (Å²) in [6.07, 6.45) is 0. The Morgan fingerprint density at radius 1 is 1.56 bits per heavy atom. The van der Waals surface area contributed by atoms with Crippen LogP contribution in [0.15, 0.2) is 0 Å². The molecule has 9 heavy (non-hydrogen) atoms. The maximum absolute atomic E-state index is 10.0. The van der Waals surface area contributed by atoms with Crippen molar-refractivity contribution in [3.05, 3.63) is 0 Å². The van der Waals surface area contributed by atoms with Crippen LogP contribution in [0, 0.1) is 47.7 Å². The van der Waals surface area contributed by atoms with Crippen LogP contribution in [-0.2, 0) is 4.79 Å². The average Bonchev–Trinajstić information content (AvgIpc) is 1.64. The minimum atomic E-state index is -0.931. The normalized spacial score (nSPS) is 12.4. The van der Waals surface area contributed by atoms with Gasteiger partial charge in [0.05, 0.1) is 0 Å². The van der Waals surface area contributed by atoms with Gasteiger partial charge in [0, 0.05) is 41.7 Å². The van der Waals surface area contributed by atoms with Crippen LogP contribution in [0.2, 0.25) is 0 Å². The molecule has 0 aromatic heterocycles. The van der Waals surface area contributed by atoms with E-state index in [4.69, 9.17) is 10.8 Å². The topological polar surface area (TPSA) is 63.3 Å². The molecule has 0 spiro atoms. The summed E-state index contributed by atoms with van der Waals surface area (Å²) >= 11 is 0. The van der Waals surface area contributed by atoms with Gasteiger partial charge in [0.25, 0.3) is 0 Å². The van der Waals surface area contributed by atoms with Gasteiger partial charge in [-0.2, -0.15) is 0 Å². The molecule has 4 heteroatoms. The molecule has 3 N–H and O–H groups in total. The molecular weight excluding hydrogens is 246 g/mol. The zero-order valence-electron chi connectivity index (χ0n) is 5.59. The molecule has 0 unspecified atom stereocenters. The summed E-state index contributed by atoms with van der Waals surface area (Å²) in [5.41, 5.74) is 5.16. The molecule has 0 aliphatic carbocycles. The predicted octanol–water partition coefficient (Wildman–Crippen LogP) is 0.0543. The van der Waals surface area contributed by atoms with E-state index in [2.05, 4.69) is 0 Å². The zero-order chi connectivity index (χ0) is 6.73. The van der Waals surface area contributed by atoms with Gasteiger partial charge in [0.1, 0.15) is 6.04 Å². The van der Waals surface area contributed by atoms with Crippen molar-refractivity contribution in [3.8, 4) is 0 Å². The molecule has 0 saturated carbocycles. The van der Waals surface area contributed by atoms with Crippen molar-refractivity contribution in [2.45, 2.75) is 19.9 Å². The third-order valence-corrected chi connectivity index (χ3v) is 1.00. The fourth-order valence-corrected chi connectivity index (χ4v) is 0.285. The predicted molar refractivity (Wildman–Crippen MR) is 30.4 cm³/mol. The maximum Gasteiger partial charge on any atom is 0.320 e. The van der Waals surface area contributed by atoms with E-state index < -0.39 is 12.0 Å². The second-order valence-electron chi connectivity index (χ2n) is 2.11. The smallest absolute Gasteiger partial charge is 0.320 e. The van der Waals surface area contributed by atoms with Crippen molar-refractivity contribution in [1.29, 1.82) is 0 Å². The van der Waals surface area contributed by atoms with Gasteiger partial charge < -0.3 is 10.8 Å².